The molecule has 0 unspecified atom stereocenters. The second-order valence-corrected chi connectivity index (χ2v) is 4.94. The van der Waals surface area contributed by atoms with Gasteiger partial charge in [-0.1, -0.05) is 0 Å². The monoisotopic (exact) mass is 306 g/mol. The van der Waals surface area contributed by atoms with Crippen molar-refractivity contribution in [3.8, 4) is 0 Å². The lowest BCUT2D eigenvalue weighted by molar-refractivity contribution is -0.141. The summed E-state index contributed by atoms with van der Waals surface area (Å²) in [5.74, 6) is -0.432. The highest BCUT2D eigenvalue weighted by Gasteiger charge is 2.15. The average Bonchev–Trinajstić information content (AvgIpc) is 3.07. The molecule has 3 heterocycles. The molecule has 0 fully saturated rings. The summed E-state index contributed by atoms with van der Waals surface area (Å²) in [6.07, 6.45) is 3.12. The van der Waals surface area contributed by atoms with E-state index >= 15 is 0 Å². The number of aromatic nitrogens is 8. The van der Waals surface area contributed by atoms with E-state index in [4.69, 9.17) is 0 Å². The fourth-order valence-electron chi connectivity index (χ4n) is 1.66. The molecule has 0 aliphatic carbocycles. The minimum atomic E-state index is -0.432. The topological polar surface area (TPSA) is 114 Å². The van der Waals surface area contributed by atoms with Gasteiger partial charge in [0.15, 0.2) is 5.65 Å². The van der Waals surface area contributed by atoms with Crippen LogP contribution in [-0.4, -0.2) is 53.0 Å². The van der Waals surface area contributed by atoms with Gasteiger partial charge >= 0.3 is 5.97 Å². The Labute approximate surface area is 122 Å². The highest BCUT2D eigenvalue weighted by atomic mass is 32.2. The minimum Gasteiger partial charge on any atom is -0.468 e. The van der Waals surface area contributed by atoms with Gasteiger partial charge in [-0.25, -0.2) is 14.6 Å². The Morgan fingerprint density at radius 1 is 1.43 bits per heavy atom. The zero-order chi connectivity index (χ0) is 14.8. The number of carbonyl (C=O) groups is 1. The summed E-state index contributed by atoms with van der Waals surface area (Å²) in [5.41, 5.74) is 0.708. The molecule has 0 aliphatic rings. The van der Waals surface area contributed by atoms with Crippen molar-refractivity contribution in [3.63, 3.8) is 0 Å². The maximum atomic E-state index is 11.3. The second-order valence-electron chi connectivity index (χ2n) is 3.98. The van der Waals surface area contributed by atoms with Crippen molar-refractivity contribution in [3.05, 3.63) is 12.5 Å². The molecule has 3 rings (SSSR count). The number of ether oxygens (including phenoxy) is 1. The van der Waals surface area contributed by atoms with E-state index in [2.05, 4.69) is 35.3 Å². The van der Waals surface area contributed by atoms with E-state index in [1.807, 2.05) is 0 Å². The van der Waals surface area contributed by atoms with E-state index in [1.54, 1.807) is 17.9 Å². The fraction of sp³-hybridized carbons (Fsp3) is 0.300. The third-order valence-corrected chi connectivity index (χ3v) is 3.68. The van der Waals surface area contributed by atoms with E-state index in [0.29, 0.717) is 15.8 Å². The molecule has 11 heteroatoms. The summed E-state index contributed by atoms with van der Waals surface area (Å²) in [5, 5.41) is 17.2. The second kappa shape index (κ2) is 5.44. The van der Waals surface area contributed by atoms with Crippen LogP contribution in [0.15, 0.2) is 22.7 Å². The van der Waals surface area contributed by atoms with Crippen molar-refractivity contribution in [1.29, 1.82) is 0 Å². The number of methoxy groups -OCH3 is 1. The van der Waals surface area contributed by atoms with Crippen LogP contribution >= 0.6 is 11.8 Å². The first-order chi connectivity index (χ1) is 10.2. The van der Waals surface area contributed by atoms with Crippen molar-refractivity contribution < 1.29 is 9.53 Å². The molecule has 0 spiro atoms. The highest BCUT2D eigenvalue weighted by molar-refractivity contribution is 7.99. The number of hydrogen-bond acceptors (Lipinski definition) is 9. The molecular formula is C10H10N8O2S. The number of fused-ring (bicyclic) bond motifs is 1. The summed E-state index contributed by atoms with van der Waals surface area (Å²) in [6.45, 7) is -0.0624. The minimum absolute atomic E-state index is 0.0624. The van der Waals surface area contributed by atoms with Crippen molar-refractivity contribution >= 4 is 28.8 Å². The highest BCUT2D eigenvalue weighted by Crippen LogP contribution is 2.28. The standard InChI is InChI=1S/C10H10N8O2S/c1-17-8-6(3-13-17)9(12-5-11-8)21-10-14-15-16-18(10)4-7(19)20-2/h3,5H,4H2,1-2H3. The Balaban J connectivity index is 1.92. The third kappa shape index (κ3) is 2.54. The van der Waals surface area contributed by atoms with Gasteiger partial charge in [0.25, 0.3) is 0 Å². The number of carbonyl (C=O) groups excluding carboxylic acids is 1. The normalized spacial score (nSPS) is 11.0. The van der Waals surface area contributed by atoms with Crippen LogP contribution in [-0.2, 0) is 23.1 Å². The molecule has 108 valence electrons. The SMILES string of the molecule is COC(=O)Cn1nnnc1Sc1ncnc2c1cnn2C. The molecule has 0 radical (unpaired) electrons. The van der Waals surface area contributed by atoms with Gasteiger partial charge < -0.3 is 4.74 Å². The molecule has 0 amide bonds. The lowest BCUT2D eigenvalue weighted by Crippen LogP contribution is -2.13. The molecule has 0 saturated heterocycles. The Kier molecular flexibility index (Phi) is 3.48. The van der Waals surface area contributed by atoms with E-state index in [0.717, 1.165) is 5.39 Å². The largest absolute Gasteiger partial charge is 0.468 e. The van der Waals surface area contributed by atoms with E-state index < -0.39 is 5.97 Å². The number of rotatable bonds is 4. The summed E-state index contributed by atoms with van der Waals surface area (Å²) in [4.78, 5) is 19.7. The number of hydrogen-bond donors (Lipinski definition) is 0. The van der Waals surface area contributed by atoms with Gasteiger partial charge in [0.1, 0.15) is 17.9 Å². The van der Waals surface area contributed by atoms with Crippen LogP contribution in [0.1, 0.15) is 0 Å². The van der Waals surface area contributed by atoms with Crippen LogP contribution in [0.2, 0.25) is 0 Å². The summed E-state index contributed by atoms with van der Waals surface area (Å²) >= 11 is 1.23. The Hall–Kier alpha value is -2.56. The van der Waals surface area contributed by atoms with Crippen LogP contribution in [0.25, 0.3) is 11.0 Å². The molecular weight excluding hydrogens is 296 g/mol. The summed E-state index contributed by atoms with van der Waals surface area (Å²) in [7, 11) is 3.11. The predicted molar refractivity (Wildman–Crippen MR) is 70.3 cm³/mol. The third-order valence-electron chi connectivity index (χ3n) is 2.69. The van der Waals surface area contributed by atoms with Gasteiger partial charge in [-0.3, -0.25) is 9.48 Å². The fourth-order valence-corrected chi connectivity index (χ4v) is 2.47. The van der Waals surface area contributed by atoms with Crippen LogP contribution in [0.4, 0.5) is 0 Å². The number of aryl methyl sites for hydroxylation is 1. The first-order valence-electron chi connectivity index (χ1n) is 5.82. The summed E-state index contributed by atoms with van der Waals surface area (Å²) < 4.78 is 7.60. The smallest absolute Gasteiger partial charge is 0.327 e. The van der Waals surface area contributed by atoms with Crippen molar-refractivity contribution in [2.24, 2.45) is 7.05 Å². The van der Waals surface area contributed by atoms with E-state index in [9.17, 15) is 4.79 Å². The number of esters is 1. The molecule has 0 atom stereocenters. The quantitative estimate of drug-likeness (QED) is 0.472. The molecule has 0 bridgehead atoms. The van der Waals surface area contributed by atoms with Crippen LogP contribution in [0.3, 0.4) is 0 Å². The summed E-state index contributed by atoms with van der Waals surface area (Å²) in [6, 6.07) is 0. The maximum Gasteiger partial charge on any atom is 0.327 e. The molecule has 21 heavy (non-hydrogen) atoms. The average molecular weight is 306 g/mol. The maximum absolute atomic E-state index is 11.3. The van der Waals surface area contributed by atoms with E-state index in [1.165, 1.54) is 29.9 Å². The first-order valence-corrected chi connectivity index (χ1v) is 6.64. The van der Waals surface area contributed by atoms with Gasteiger partial charge in [0.05, 0.1) is 18.7 Å². The van der Waals surface area contributed by atoms with Gasteiger partial charge in [-0.2, -0.15) is 5.10 Å². The van der Waals surface area contributed by atoms with Crippen LogP contribution in [0, 0.1) is 0 Å². The predicted octanol–water partition coefficient (Wildman–Crippen LogP) is -0.326. The first kappa shape index (κ1) is 13.4. The molecule has 3 aromatic rings. The van der Waals surface area contributed by atoms with Crippen molar-refractivity contribution in [2.45, 2.75) is 16.7 Å². The Morgan fingerprint density at radius 2 is 2.29 bits per heavy atom. The zero-order valence-electron chi connectivity index (χ0n) is 11.2. The molecule has 3 aromatic heterocycles. The number of tetrazole rings is 1. The lowest BCUT2D eigenvalue weighted by atomic mass is 10.4. The van der Waals surface area contributed by atoms with Crippen molar-refractivity contribution in [2.75, 3.05) is 7.11 Å². The van der Waals surface area contributed by atoms with Gasteiger partial charge in [-0.15, -0.1) is 5.10 Å². The van der Waals surface area contributed by atoms with Gasteiger partial charge in [0, 0.05) is 7.05 Å². The van der Waals surface area contributed by atoms with Crippen molar-refractivity contribution in [1.82, 2.24) is 40.0 Å². The molecule has 0 aromatic carbocycles. The van der Waals surface area contributed by atoms with Gasteiger partial charge in [-0.05, 0) is 22.2 Å². The molecule has 0 N–H and O–H groups in total. The van der Waals surface area contributed by atoms with E-state index in [-0.39, 0.29) is 6.54 Å². The van der Waals surface area contributed by atoms with Crippen LogP contribution in [0.5, 0.6) is 0 Å². The molecule has 0 saturated carbocycles. The Morgan fingerprint density at radius 3 is 3.10 bits per heavy atom. The molecule has 10 nitrogen and oxygen atoms in total. The lowest BCUT2D eigenvalue weighted by Gasteiger charge is -2.03. The van der Waals surface area contributed by atoms with Crippen LogP contribution < -0.4 is 0 Å². The zero-order valence-corrected chi connectivity index (χ0v) is 12.0. The number of nitrogens with zero attached hydrogens (tertiary/aromatic N) is 8. The van der Waals surface area contributed by atoms with Gasteiger partial charge in [0.2, 0.25) is 5.16 Å². The Bertz CT molecular complexity index is 797. The molecule has 0 aliphatic heterocycles.